The molecular formula is C23H34O16. The molecule has 16 heteroatoms. The summed E-state index contributed by atoms with van der Waals surface area (Å²) in [6.07, 6.45) is -15.0. The first kappa shape index (κ1) is 32.3. The van der Waals surface area contributed by atoms with Gasteiger partial charge >= 0.3 is 29.8 Å². The van der Waals surface area contributed by atoms with E-state index in [0.29, 0.717) is 0 Å². The van der Waals surface area contributed by atoms with Gasteiger partial charge in [0, 0.05) is 41.7 Å². The molecule has 222 valence electrons. The van der Waals surface area contributed by atoms with Gasteiger partial charge < -0.3 is 52.8 Å². The number of ether oxygens (including phenoxy) is 9. The van der Waals surface area contributed by atoms with Crippen molar-refractivity contribution < 1.29 is 76.8 Å². The van der Waals surface area contributed by atoms with Gasteiger partial charge in [0.2, 0.25) is 0 Å². The van der Waals surface area contributed by atoms with Crippen molar-refractivity contribution in [2.45, 2.75) is 96.0 Å². The second-order valence-corrected chi connectivity index (χ2v) is 8.73. The summed E-state index contributed by atoms with van der Waals surface area (Å²) >= 11 is 0. The molecule has 0 aliphatic carbocycles. The first-order valence-electron chi connectivity index (χ1n) is 11.9. The Morgan fingerprint density at radius 2 is 1.05 bits per heavy atom. The monoisotopic (exact) mass is 566 g/mol. The predicted octanol–water partition coefficient (Wildman–Crippen LogP) is -1.89. The molecule has 0 radical (unpaired) electrons. The van der Waals surface area contributed by atoms with Crippen LogP contribution in [-0.4, -0.2) is 122 Å². The minimum absolute atomic E-state index is 0.461. The molecule has 2 aliphatic rings. The van der Waals surface area contributed by atoms with E-state index < -0.39 is 104 Å². The summed E-state index contributed by atoms with van der Waals surface area (Å²) in [5.74, 6) is -3.87. The molecule has 0 spiro atoms. The number of aliphatic hydroxyl groups is 2. The lowest BCUT2D eigenvalue weighted by molar-refractivity contribution is -0.358. The van der Waals surface area contributed by atoms with Crippen LogP contribution in [0.3, 0.4) is 0 Å². The second kappa shape index (κ2) is 14.5. The molecule has 2 heterocycles. The Balaban J connectivity index is 2.51. The molecule has 0 aromatic rings. The molecule has 0 unspecified atom stereocenters. The van der Waals surface area contributed by atoms with Crippen LogP contribution in [0.15, 0.2) is 0 Å². The third-order valence-electron chi connectivity index (χ3n) is 5.57. The standard InChI is InChI=1S/C23H34O16/c1-9(24)32-7-14-16(29)17(30)19(34-11(3)26)23(37-14)39-18-15(8-33-10(2)25)38-22(31-6)21(36-13(5)28)20(18)35-12(4)27/h14-23,29-30H,7-8H2,1-6H3/t14-,15-,16+,17+,18-,19-,20+,21-,22-,23+/m1/s1. The molecule has 2 aliphatic heterocycles. The summed E-state index contributed by atoms with van der Waals surface area (Å²) in [6.45, 7) is 4.49. The predicted molar refractivity (Wildman–Crippen MR) is 121 cm³/mol. The molecule has 0 bridgehead atoms. The number of carbonyl (C=O) groups excluding carboxylic acids is 5. The van der Waals surface area contributed by atoms with Crippen LogP contribution in [0.25, 0.3) is 0 Å². The summed E-state index contributed by atoms with van der Waals surface area (Å²) in [6, 6.07) is 0. The molecular weight excluding hydrogens is 532 g/mol. The van der Waals surface area contributed by atoms with Crippen molar-refractivity contribution in [3.05, 3.63) is 0 Å². The van der Waals surface area contributed by atoms with Crippen molar-refractivity contribution in [2.24, 2.45) is 0 Å². The number of hydrogen-bond donors (Lipinski definition) is 2. The Morgan fingerprint density at radius 1 is 0.590 bits per heavy atom. The lowest BCUT2D eigenvalue weighted by Gasteiger charge is -2.47. The summed E-state index contributed by atoms with van der Waals surface area (Å²) in [5, 5.41) is 21.2. The topological polar surface area (TPSA) is 209 Å². The van der Waals surface area contributed by atoms with Crippen molar-refractivity contribution in [3.63, 3.8) is 0 Å². The van der Waals surface area contributed by atoms with Crippen LogP contribution in [0.1, 0.15) is 34.6 Å². The number of carbonyl (C=O) groups is 5. The van der Waals surface area contributed by atoms with Crippen LogP contribution in [0.4, 0.5) is 0 Å². The zero-order chi connectivity index (χ0) is 29.4. The van der Waals surface area contributed by atoms with Crippen LogP contribution in [-0.2, 0) is 66.6 Å². The van der Waals surface area contributed by atoms with E-state index in [2.05, 4.69) is 0 Å². The highest BCUT2D eigenvalue weighted by molar-refractivity contribution is 5.68. The third kappa shape index (κ3) is 9.08. The second-order valence-electron chi connectivity index (χ2n) is 8.73. The summed E-state index contributed by atoms with van der Waals surface area (Å²) in [4.78, 5) is 58.5. The minimum atomic E-state index is -1.78. The average molecular weight is 567 g/mol. The van der Waals surface area contributed by atoms with Crippen LogP contribution >= 0.6 is 0 Å². The lowest BCUT2D eigenvalue weighted by atomic mass is 9.96. The average Bonchev–Trinajstić information content (AvgIpc) is 2.82. The number of aliphatic hydroxyl groups excluding tert-OH is 2. The molecule has 0 aromatic carbocycles. The largest absolute Gasteiger partial charge is 0.463 e. The van der Waals surface area contributed by atoms with E-state index in [-0.39, 0.29) is 0 Å². The molecule has 0 amide bonds. The third-order valence-corrected chi connectivity index (χ3v) is 5.57. The summed E-state index contributed by atoms with van der Waals surface area (Å²) in [5.41, 5.74) is 0. The van der Waals surface area contributed by atoms with Gasteiger partial charge in [-0.1, -0.05) is 0 Å². The minimum Gasteiger partial charge on any atom is -0.463 e. The fourth-order valence-corrected chi connectivity index (χ4v) is 4.03. The normalized spacial score (nSPS) is 34.4. The van der Waals surface area contributed by atoms with Crippen molar-refractivity contribution in [1.29, 1.82) is 0 Å². The van der Waals surface area contributed by atoms with E-state index in [4.69, 9.17) is 42.6 Å². The first-order chi connectivity index (χ1) is 18.2. The van der Waals surface area contributed by atoms with Gasteiger partial charge in [-0.05, 0) is 0 Å². The van der Waals surface area contributed by atoms with Crippen LogP contribution in [0.5, 0.6) is 0 Å². The maximum atomic E-state index is 12.0. The van der Waals surface area contributed by atoms with Crippen molar-refractivity contribution in [3.8, 4) is 0 Å². The maximum Gasteiger partial charge on any atom is 0.303 e. The number of methoxy groups -OCH3 is 1. The fourth-order valence-electron chi connectivity index (χ4n) is 4.03. The van der Waals surface area contributed by atoms with E-state index in [1.807, 2.05) is 0 Å². The van der Waals surface area contributed by atoms with E-state index in [9.17, 15) is 34.2 Å². The van der Waals surface area contributed by atoms with Gasteiger partial charge in [-0.3, -0.25) is 24.0 Å². The highest BCUT2D eigenvalue weighted by atomic mass is 16.8. The number of rotatable bonds is 10. The van der Waals surface area contributed by atoms with Gasteiger partial charge in [-0.15, -0.1) is 0 Å². The van der Waals surface area contributed by atoms with Gasteiger partial charge in [-0.25, -0.2) is 0 Å². The first-order valence-corrected chi connectivity index (χ1v) is 11.9. The molecule has 16 nitrogen and oxygen atoms in total. The van der Waals surface area contributed by atoms with Gasteiger partial charge in [0.05, 0.1) is 0 Å². The molecule has 2 fully saturated rings. The highest BCUT2D eigenvalue weighted by Crippen LogP contribution is 2.33. The Bertz CT molecular complexity index is 889. The van der Waals surface area contributed by atoms with Crippen LogP contribution < -0.4 is 0 Å². The Hall–Kier alpha value is -2.89. The zero-order valence-electron chi connectivity index (χ0n) is 22.3. The quantitative estimate of drug-likeness (QED) is 0.219. The SMILES string of the molecule is CO[C@@H]1O[C@H](COC(C)=O)[C@@H](O[C@@H]2O[C@H](COC(C)=O)[C@H](O)[C@H](O)[C@H]2OC(C)=O)[C@H](OC(C)=O)[C@H]1OC(C)=O. The molecule has 0 saturated carbocycles. The smallest absolute Gasteiger partial charge is 0.303 e. The molecule has 2 saturated heterocycles. The van der Waals surface area contributed by atoms with Crippen LogP contribution in [0, 0.1) is 0 Å². The lowest BCUT2D eigenvalue weighted by Crippen LogP contribution is -2.66. The van der Waals surface area contributed by atoms with Gasteiger partial charge in [0.1, 0.15) is 43.7 Å². The molecule has 10 atom stereocenters. The van der Waals surface area contributed by atoms with Crippen molar-refractivity contribution >= 4 is 29.8 Å². The molecule has 2 N–H and O–H groups in total. The maximum absolute atomic E-state index is 12.0. The summed E-state index contributed by atoms with van der Waals surface area (Å²) in [7, 11) is 1.23. The van der Waals surface area contributed by atoms with E-state index in [1.54, 1.807) is 0 Å². The van der Waals surface area contributed by atoms with E-state index in [1.165, 1.54) is 7.11 Å². The zero-order valence-corrected chi connectivity index (χ0v) is 22.3. The Morgan fingerprint density at radius 3 is 1.54 bits per heavy atom. The number of esters is 5. The van der Waals surface area contributed by atoms with E-state index >= 15 is 0 Å². The van der Waals surface area contributed by atoms with Crippen molar-refractivity contribution in [1.82, 2.24) is 0 Å². The molecule has 2 rings (SSSR count). The highest BCUT2D eigenvalue weighted by Gasteiger charge is 2.55. The van der Waals surface area contributed by atoms with E-state index in [0.717, 1.165) is 34.6 Å². The van der Waals surface area contributed by atoms with Gasteiger partial charge in [0.25, 0.3) is 0 Å². The molecule has 39 heavy (non-hydrogen) atoms. The Kier molecular flexibility index (Phi) is 12.0. The summed E-state index contributed by atoms with van der Waals surface area (Å²) < 4.78 is 48.5. The fraction of sp³-hybridized carbons (Fsp3) is 0.783. The van der Waals surface area contributed by atoms with Crippen molar-refractivity contribution in [2.75, 3.05) is 20.3 Å². The van der Waals surface area contributed by atoms with Gasteiger partial charge in [0.15, 0.2) is 30.9 Å². The Labute approximate surface area is 223 Å². The van der Waals surface area contributed by atoms with Crippen LogP contribution in [0.2, 0.25) is 0 Å². The molecule has 0 aromatic heterocycles. The number of hydrogen-bond acceptors (Lipinski definition) is 16. The van der Waals surface area contributed by atoms with Gasteiger partial charge in [-0.2, -0.15) is 0 Å².